The lowest BCUT2D eigenvalue weighted by molar-refractivity contribution is -0.0688. The van der Waals surface area contributed by atoms with Gasteiger partial charge in [-0.3, -0.25) is 0 Å². The maximum Gasteiger partial charge on any atom is 0.0584 e. The second-order valence-corrected chi connectivity index (χ2v) is 7.92. The molecule has 21 heavy (non-hydrogen) atoms. The minimum atomic E-state index is 0.534. The molecular formula is C20H40O. The van der Waals surface area contributed by atoms with E-state index in [2.05, 4.69) is 34.6 Å². The number of ether oxygens (including phenoxy) is 1. The topological polar surface area (TPSA) is 9.23 Å². The molecule has 1 nitrogen and oxygen atoms in total. The van der Waals surface area contributed by atoms with Crippen LogP contribution in [0.25, 0.3) is 0 Å². The van der Waals surface area contributed by atoms with Gasteiger partial charge >= 0.3 is 0 Å². The Bertz CT molecular complexity index is 260. The SMILES string of the molecule is CC.CC1CCC(OC2CC(C)C(C)C(C)C2)CC(C)C1. The van der Waals surface area contributed by atoms with Crippen molar-refractivity contribution in [2.45, 2.75) is 99.2 Å². The lowest BCUT2D eigenvalue weighted by Gasteiger charge is -2.38. The highest BCUT2D eigenvalue weighted by atomic mass is 16.5. The van der Waals surface area contributed by atoms with Gasteiger partial charge in [-0.1, -0.05) is 48.5 Å². The van der Waals surface area contributed by atoms with Gasteiger partial charge in [0.2, 0.25) is 0 Å². The molecule has 0 aromatic rings. The summed E-state index contributed by atoms with van der Waals surface area (Å²) in [6.07, 6.45) is 8.99. The first-order chi connectivity index (χ1) is 9.95. The second kappa shape index (κ2) is 9.18. The average Bonchev–Trinajstić information content (AvgIpc) is 2.59. The summed E-state index contributed by atoms with van der Waals surface area (Å²) >= 11 is 0. The zero-order valence-electron chi connectivity index (χ0n) is 15.7. The lowest BCUT2D eigenvalue weighted by atomic mass is 9.73. The fourth-order valence-electron chi connectivity index (χ4n) is 4.36. The van der Waals surface area contributed by atoms with Crippen LogP contribution in [0.5, 0.6) is 0 Å². The quantitative estimate of drug-likeness (QED) is 0.542. The molecule has 0 aliphatic heterocycles. The van der Waals surface area contributed by atoms with Crippen LogP contribution in [-0.2, 0) is 4.74 Å². The van der Waals surface area contributed by atoms with Crippen LogP contribution in [0.2, 0.25) is 0 Å². The van der Waals surface area contributed by atoms with Crippen LogP contribution in [0.4, 0.5) is 0 Å². The molecule has 0 amide bonds. The Morgan fingerprint density at radius 2 is 1.19 bits per heavy atom. The zero-order valence-corrected chi connectivity index (χ0v) is 15.7. The summed E-state index contributed by atoms with van der Waals surface area (Å²) in [5.74, 6) is 4.27. The molecule has 0 aromatic heterocycles. The summed E-state index contributed by atoms with van der Waals surface area (Å²) in [7, 11) is 0. The first-order valence-electron chi connectivity index (χ1n) is 9.61. The molecule has 0 saturated heterocycles. The maximum atomic E-state index is 6.52. The van der Waals surface area contributed by atoms with Crippen molar-refractivity contribution in [3.63, 3.8) is 0 Å². The summed E-state index contributed by atoms with van der Waals surface area (Å²) < 4.78 is 6.52. The van der Waals surface area contributed by atoms with Crippen LogP contribution >= 0.6 is 0 Å². The zero-order chi connectivity index (χ0) is 16.0. The molecule has 2 fully saturated rings. The normalized spacial score (nSPS) is 44.4. The molecular weight excluding hydrogens is 256 g/mol. The van der Waals surface area contributed by atoms with Gasteiger partial charge in [0.25, 0.3) is 0 Å². The van der Waals surface area contributed by atoms with E-state index < -0.39 is 0 Å². The van der Waals surface area contributed by atoms with E-state index >= 15 is 0 Å². The van der Waals surface area contributed by atoms with Gasteiger partial charge in [0, 0.05) is 0 Å². The van der Waals surface area contributed by atoms with E-state index in [0.717, 1.165) is 29.6 Å². The van der Waals surface area contributed by atoms with Crippen molar-refractivity contribution in [1.29, 1.82) is 0 Å². The van der Waals surface area contributed by atoms with Crippen LogP contribution < -0.4 is 0 Å². The predicted octanol–water partition coefficient (Wildman–Crippen LogP) is 6.31. The van der Waals surface area contributed by atoms with Gasteiger partial charge < -0.3 is 4.74 Å². The van der Waals surface area contributed by atoms with Crippen molar-refractivity contribution >= 4 is 0 Å². The highest BCUT2D eigenvalue weighted by Crippen LogP contribution is 2.37. The second-order valence-electron chi connectivity index (χ2n) is 7.92. The van der Waals surface area contributed by atoms with Gasteiger partial charge in [0.1, 0.15) is 0 Å². The highest BCUT2D eigenvalue weighted by molar-refractivity contribution is 4.82. The Labute approximate surface area is 134 Å². The maximum absolute atomic E-state index is 6.52. The van der Waals surface area contributed by atoms with Crippen molar-refractivity contribution < 1.29 is 4.74 Å². The van der Waals surface area contributed by atoms with Gasteiger partial charge in [0.15, 0.2) is 0 Å². The van der Waals surface area contributed by atoms with Gasteiger partial charge in [-0.15, -0.1) is 0 Å². The van der Waals surface area contributed by atoms with E-state index in [4.69, 9.17) is 4.74 Å². The van der Waals surface area contributed by atoms with Crippen molar-refractivity contribution in [2.75, 3.05) is 0 Å². The molecule has 2 aliphatic carbocycles. The van der Waals surface area contributed by atoms with Gasteiger partial charge in [-0.25, -0.2) is 0 Å². The van der Waals surface area contributed by atoms with Crippen LogP contribution in [0.1, 0.15) is 87.0 Å². The number of rotatable bonds is 2. The molecule has 1 heteroatoms. The van der Waals surface area contributed by atoms with E-state index in [0.29, 0.717) is 12.2 Å². The Morgan fingerprint density at radius 1 is 0.619 bits per heavy atom. The fraction of sp³-hybridized carbons (Fsp3) is 1.00. The Balaban J connectivity index is 0.00000106. The third kappa shape index (κ3) is 5.93. The van der Waals surface area contributed by atoms with Crippen molar-refractivity contribution in [2.24, 2.45) is 29.6 Å². The van der Waals surface area contributed by atoms with Crippen LogP contribution in [0.3, 0.4) is 0 Å². The van der Waals surface area contributed by atoms with Crippen molar-refractivity contribution in [3.05, 3.63) is 0 Å². The standard InChI is InChI=1S/C18H34O.C2H6/c1-12-6-7-17(9-13(2)8-12)19-18-10-14(3)16(5)15(4)11-18;1-2/h12-18H,6-11H2,1-5H3;1-2H3. The predicted molar refractivity (Wildman–Crippen MR) is 93.5 cm³/mol. The van der Waals surface area contributed by atoms with Crippen LogP contribution in [-0.4, -0.2) is 12.2 Å². The molecule has 0 N–H and O–H groups in total. The molecule has 0 heterocycles. The van der Waals surface area contributed by atoms with Crippen LogP contribution in [0.15, 0.2) is 0 Å². The number of hydrogen-bond acceptors (Lipinski definition) is 1. The Morgan fingerprint density at radius 3 is 1.76 bits per heavy atom. The first kappa shape index (κ1) is 19.0. The molecule has 126 valence electrons. The molecule has 5 unspecified atom stereocenters. The Kier molecular flexibility index (Phi) is 8.31. The molecule has 2 rings (SSSR count). The van der Waals surface area contributed by atoms with E-state index in [-0.39, 0.29) is 0 Å². The molecule has 0 radical (unpaired) electrons. The molecule has 2 aliphatic rings. The lowest BCUT2D eigenvalue weighted by Crippen LogP contribution is -2.35. The van der Waals surface area contributed by atoms with Crippen molar-refractivity contribution in [1.82, 2.24) is 0 Å². The summed E-state index contributed by atoms with van der Waals surface area (Å²) in [5, 5.41) is 0. The van der Waals surface area contributed by atoms with Crippen LogP contribution in [0, 0.1) is 29.6 Å². The Hall–Kier alpha value is -0.0400. The van der Waals surface area contributed by atoms with Gasteiger partial charge in [-0.05, 0) is 68.1 Å². The van der Waals surface area contributed by atoms with E-state index in [1.165, 1.54) is 38.5 Å². The average molecular weight is 297 g/mol. The summed E-state index contributed by atoms with van der Waals surface area (Å²) in [6.45, 7) is 16.1. The largest absolute Gasteiger partial charge is 0.375 e. The van der Waals surface area contributed by atoms with E-state index in [1.807, 2.05) is 13.8 Å². The van der Waals surface area contributed by atoms with Gasteiger partial charge in [-0.2, -0.15) is 0 Å². The van der Waals surface area contributed by atoms with E-state index in [9.17, 15) is 0 Å². The third-order valence-corrected chi connectivity index (χ3v) is 5.90. The molecule has 5 atom stereocenters. The fourth-order valence-corrected chi connectivity index (χ4v) is 4.36. The summed E-state index contributed by atoms with van der Waals surface area (Å²) in [4.78, 5) is 0. The molecule has 0 spiro atoms. The summed E-state index contributed by atoms with van der Waals surface area (Å²) in [5.41, 5.74) is 0. The number of hydrogen-bond donors (Lipinski definition) is 0. The summed E-state index contributed by atoms with van der Waals surface area (Å²) in [6, 6.07) is 0. The monoisotopic (exact) mass is 296 g/mol. The smallest absolute Gasteiger partial charge is 0.0584 e. The molecule has 0 aromatic carbocycles. The minimum Gasteiger partial charge on any atom is -0.375 e. The van der Waals surface area contributed by atoms with E-state index in [1.54, 1.807) is 0 Å². The third-order valence-electron chi connectivity index (χ3n) is 5.90. The molecule has 0 bridgehead atoms. The minimum absolute atomic E-state index is 0.534. The molecule has 2 saturated carbocycles. The van der Waals surface area contributed by atoms with Gasteiger partial charge in [0.05, 0.1) is 12.2 Å². The van der Waals surface area contributed by atoms with Crippen molar-refractivity contribution in [3.8, 4) is 0 Å². The highest BCUT2D eigenvalue weighted by Gasteiger charge is 2.32. The first-order valence-corrected chi connectivity index (χ1v) is 9.61.